The van der Waals surface area contributed by atoms with Crippen LogP contribution in [0.2, 0.25) is 0 Å². The summed E-state index contributed by atoms with van der Waals surface area (Å²) >= 11 is 7.61. The number of halogens is 1. The normalized spacial score (nSPS) is 13.1. The van der Waals surface area contributed by atoms with E-state index in [2.05, 4.69) is 55.8 Å². The van der Waals surface area contributed by atoms with E-state index in [1.54, 1.807) is 0 Å². The van der Waals surface area contributed by atoms with Crippen LogP contribution < -0.4 is 0 Å². The molecule has 0 nitrogen and oxygen atoms in total. The highest BCUT2D eigenvalue weighted by Crippen LogP contribution is 2.41. The minimum Gasteiger partial charge on any atom is -0.144 e. The summed E-state index contributed by atoms with van der Waals surface area (Å²) in [5, 5.41) is 0. The zero-order valence-electron chi connectivity index (χ0n) is 9.93. The van der Waals surface area contributed by atoms with E-state index in [0.717, 1.165) is 0 Å². The molecule has 0 N–H and O–H groups in total. The second-order valence-electron chi connectivity index (χ2n) is 4.15. The summed E-state index contributed by atoms with van der Waals surface area (Å²) in [5.74, 6) is 0. The van der Waals surface area contributed by atoms with Crippen LogP contribution in [0.3, 0.4) is 0 Å². The second-order valence-corrected chi connectivity index (χ2v) is 7.65. The maximum atomic E-state index is 3.83. The van der Waals surface area contributed by atoms with E-state index in [4.69, 9.17) is 0 Å². The summed E-state index contributed by atoms with van der Waals surface area (Å²) in [6.45, 7) is 8.74. The van der Waals surface area contributed by atoms with Gasteiger partial charge < -0.3 is 0 Å². The Labute approximate surface area is 113 Å². The first-order chi connectivity index (χ1) is 7.49. The van der Waals surface area contributed by atoms with Gasteiger partial charge in [0.1, 0.15) is 0 Å². The van der Waals surface area contributed by atoms with E-state index >= 15 is 0 Å². The van der Waals surface area contributed by atoms with Crippen molar-refractivity contribution in [3.05, 3.63) is 42.8 Å². The van der Waals surface area contributed by atoms with Crippen molar-refractivity contribution in [2.24, 2.45) is 0 Å². The molecule has 16 heavy (non-hydrogen) atoms. The molecule has 0 aliphatic carbocycles. The lowest BCUT2D eigenvalue weighted by molar-refractivity contribution is 1.24. The van der Waals surface area contributed by atoms with E-state index in [9.17, 15) is 0 Å². The summed E-state index contributed by atoms with van der Waals surface area (Å²) in [4.78, 5) is 6.04. The molecule has 2 heterocycles. The quantitative estimate of drug-likeness (QED) is 0.639. The molecule has 0 spiro atoms. The fourth-order valence-electron chi connectivity index (χ4n) is 1.77. The lowest BCUT2D eigenvalue weighted by atomic mass is 10.2. The topological polar surface area (TPSA) is 0 Å². The molecule has 1 unspecified atom stereocenters. The maximum absolute atomic E-state index is 3.83. The highest BCUT2D eigenvalue weighted by molar-refractivity contribution is 9.09. The molecule has 0 radical (unpaired) electrons. The Morgan fingerprint density at radius 2 is 1.69 bits per heavy atom. The second kappa shape index (κ2) is 4.63. The monoisotopic (exact) mass is 314 g/mol. The van der Waals surface area contributed by atoms with Gasteiger partial charge in [0.2, 0.25) is 0 Å². The molecule has 0 saturated carbocycles. The van der Waals surface area contributed by atoms with Crippen molar-refractivity contribution in [2.45, 2.75) is 32.5 Å². The highest BCUT2D eigenvalue weighted by Gasteiger charge is 2.17. The van der Waals surface area contributed by atoms with Crippen molar-refractivity contribution in [1.29, 1.82) is 0 Å². The van der Waals surface area contributed by atoms with E-state index in [1.165, 1.54) is 30.6 Å². The van der Waals surface area contributed by atoms with Crippen LogP contribution in [0.1, 0.15) is 35.5 Å². The largest absolute Gasteiger partial charge is 0.144 e. The van der Waals surface area contributed by atoms with Gasteiger partial charge in [-0.2, -0.15) is 0 Å². The molecule has 0 bridgehead atoms. The lowest BCUT2D eigenvalue weighted by Crippen LogP contribution is -1.87. The molecular weight excluding hydrogens is 300 g/mol. The number of thiophene rings is 2. The zero-order valence-corrected chi connectivity index (χ0v) is 13.1. The van der Waals surface area contributed by atoms with Crippen LogP contribution in [0.25, 0.3) is 0 Å². The molecule has 0 saturated heterocycles. The van der Waals surface area contributed by atoms with Gasteiger partial charge in [0, 0.05) is 19.5 Å². The predicted molar refractivity (Wildman–Crippen MR) is 78.4 cm³/mol. The molecule has 2 aromatic heterocycles. The molecule has 2 rings (SSSR count). The minimum atomic E-state index is 0.364. The Bertz CT molecular complexity index is 488. The molecular formula is C13H15BrS2. The first-order valence-electron chi connectivity index (χ1n) is 5.27. The Kier molecular flexibility index (Phi) is 3.57. The first-order valence-corrected chi connectivity index (χ1v) is 7.82. The predicted octanol–water partition coefficient (Wildman–Crippen LogP) is 5.53. The van der Waals surface area contributed by atoms with E-state index < -0.39 is 0 Å². The standard InChI is InChI=1S/C13H15BrS2/c1-7-6-11(16-10(7)4)12(14)13-8(2)5-9(3)15-13/h5-6,12H,1-4H3. The molecule has 0 aromatic carbocycles. The van der Waals surface area contributed by atoms with Crippen molar-refractivity contribution in [2.75, 3.05) is 0 Å². The van der Waals surface area contributed by atoms with Gasteiger partial charge in [0.25, 0.3) is 0 Å². The van der Waals surface area contributed by atoms with Gasteiger partial charge in [-0.3, -0.25) is 0 Å². The Morgan fingerprint density at radius 1 is 1.00 bits per heavy atom. The third-order valence-corrected chi connectivity index (χ3v) is 6.74. The molecule has 2 aromatic rings. The number of aryl methyl sites for hydroxylation is 4. The fraction of sp³-hybridized carbons (Fsp3) is 0.385. The van der Waals surface area contributed by atoms with Gasteiger partial charge in [0.15, 0.2) is 0 Å². The van der Waals surface area contributed by atoms with Crippen molar-refractivity contribution in [1.82, 2.24) is 0 Å². The van der Waals surface area contributed by atoms with Gasteiger partial charge in [-0.1, -0.05) is 15.9 Å². The van der Waals surface area contributed by atoms with Crippen molar-refractivity contribution >= 4 is 38.6 Å². The molecule has 1 atom stereocenters. The first kappa shape index (κ1) is 12.3. The Morgan fingerprint density at radius 3 is 2.12 bits per heavy atom. The van der Waals surface area contributed by atoms with E-state index in [1.807, 2.05) is 22.7 Å². The summed E-state index contributed by atoms with van der Waals surface area (Å²) in [5.41, 5.74) is 2.79. The molecule has 0 amide bonds. The average molecular weight is 315 g/mol. The smallest absolute Gasteiger partial charge is 0.0833 e. The van der Waals surface area contributed by atoms with Crippen molar-refractivity contribution in [3.8, 4) is 0 Å². The number of alkyl halides is 1. The van der Waals surface area contributed by atoms with Crippen LogP contribution in [-0.4, -0.2) is 0 Å². The summed E-state index contributed by atoms with van der Waals surface area (Å²) < 4.78 is 0. The van der Waals surface area contributed by atoms with Gasteiger partial charge in [-0.15, -0.1) is 22.7 Å². The van der Waals surface area contributed by atoms with Gasteiger partial charge >= 0.3 is 0 Å². The maximum Gasteiger partial charge on any atom is 0.0833 e. The van der Waals surface area contributed by atoms with Crippen molar-refractivity contribution < 1.29 is 0 Å². The van der Waals surface area contributed by atoms with Crippen LogP contribution in [0.4, 0.5) is 0 Å². The van der Waals surface area contributed by atoms with Crippen LogP contribution in [0.15, 0.2) is 12.1 Å². The number of hydrogen-bond donors (Lipinski definition) is 0. The SMILES string of the molecule is Cc1cc(C)c(C(Br)c2cc(C)c(C)s2)s1. The molecule has 86 valence electrons. The summed E-state index contributed by atoms with van der Waals surface area (Å²) in [6, 6.07) is 4.56. The summed E-state index contributed by atoms with van der Waals surface area (Å²) in [6.07, 6.45) is 0. The average Bonchev–Trinajstić information content (AvgIpc) is 2.70. The van der Waals surface area contributed by atoms with Crippen LogP contribution in [-0.2, 0) is 0 Å². The van der Waals surface area contributed by atoms with E-state index in [-0.39, 0.29) is 0 Å². The number of rotatable bonds is 2. The van der Waals surface area contributed by atoms with Gasteiger partial charge in [0.05, 0.1) is 4.83 Å². The van der Waals surface area contributed by atoms with Crippen LogP contribution >= 0.6 is 38.6 Å². The van der Waals surface area contributed by atoms with Gasteiger partial charge in [-0.25, -0.2) is 0 Å². The lowest BCUT2D eigenvalue weighted by Gasteiger charge is -2.06. The molecule has 0 aliphatic rings. The zero-order chi connectivity index (χ0) is 11.9. The van der Waals surface area contributed by atoms with Crippen molar-refractivity contribution in [3.63, 3.8) is 0 Å². The Hall–Kier alpha value is -0.120. The van der Waals surface area contributed by atoms with E-state index in [0.29, 0.717) is 4.83 Å². The van der Waals surface area contributed by atoms with Gasteiger partial charge in [-0.05, 0) is 51.0 Å². The fourth-order valence-corrected chi connectivity index (χ4v) is 4.96. The number of hydrogen-bond acceptors (Lipinski definition) is 2. The highest BCUT2D eigenvalue weighted by atomic mass is 79.9. The van der Waals surface area contributed by atoms with Crippen LogP contribution in [0.5, 0.6) is 0 Å². The summed E-state index contributed by atoms with van der Waals surface area (Å²) in [7, 11) is 0. The Balaban J connectivity index is 2.38. The minimum absolute atomic E-state index is 0.364. The third-order valence-electron chi connectivity index (χ3n) is 2.74. The molecule has 3 heteroatoms. The van der Waals surface area contributed by atoms with Crippen LogP contribution in [0, 0.1) is 27.7 Å². The molecule has 0 fully saturated rings. The third kappa shape index (κ3) is 2.27. The molecule has 0 aliphatic heterocycles.